The van der Waals surface area contributed by atoms with Crippen molar-refractivity contribution in [3.05, 3.63) is 45.9 Å². The van der Waals surface area contributed by atoms with Crippen molar-refractivity contribution in [2.45, 2.75) is 13.1 Å². The second kappa shape index (κ2) is 6.84. The fraction of sp³-hybridized carbons (Fsp3) is 0.214. The first-order chi connectivity index (χ1) is 11.1. The molecule has 0 aliphatic rings. The molecule has 0 spiro atoms. The molecule has 9 heteroatoms. The van der Waals surface area contributed by atoms with Gasteiger partial charge in [0, 0.05) is 23.0 Å². The molecular formula is C14H13ClN6OS. The molecule has 0 fully saturated rings. The number of aromatic nitrogens is 5. The van der Waals surface area contributed by atoms with E-state index in [1.165, 1.54) is 16.1 Å². The molecule has 3 rings (SSSR count). The van der Waals surface area contributed by atoms with Crippen molar-refractivity contribution in [3.63, 3.8) is 0 Å². The van der Waals surface area contributed by atoms with E-state index in [9.17, 15) is 4.79 Å². The van der Waals surface area contributed by atoms with Crippen LogP contribution in [0.3, 0.4) is 0 Å². The van der Waals surface area contributed by atoms with E-state index in [0.717, 1.165) is 11.3 Å². The molecule has 2 aromatic heterocycles. The van der Waals surface area contributed by atoms with E-state index in [4.69, 9.17) is 11.6 Å². The van der Waals surface area contributed by atoms with Crippen LogP contribution in [0.2, 0.25) is 5.02 Å². The van der Waals surface area contributed by atoms with Crippen LogP contribution >= 0.6 is 22.9 Å². The zero-order valence-corrected chi connectivity index (χ0v) is 13.8. The highest BCUT2D eigenvalue weighted by atomic mass is 35.5. The zero-order valence-electron chi connectivity index (χ0n) is 12.3. The van der Waals surface area contributed by atoms with Crippen molar-refractivity contribution in [2.24, 2.45) is 0 Å². The topological polar surface area (TPSA) is 76.8 Å². The maximum absolute atomic E-state index is 12.2. The van der Waals surface area contributed by atoms with Crippen molar-refractivity contribution in [2.75, 3.05) is 7.05 Å². The van der Waals surface area contributed by atoms with Gasteiger partial charge in [0.05, 0.1) is 17.7 Å². The first-order valence-electron chi connectivity index (χ1n) is 6.76. The third-order valence-electron chi connectivity index (χ3n) is 3.14. The monoisotopic (exact) mass is 348 g/mol. The van der Waals surface area contributed by atoms with Gasteiger partial charge in [0.1, 0.15) is 6.54 Å². The van der Waals surface area contributed by atoms with E-state index >= 15 is 0 Å². The fourth-order valence-electron chi connectivity index (χ4n) is 1.91. The van der Waals surface area contributed by atoms with Gasteiger partial charge in [-0.1, -0.05) is 11.6 Å². The molecule has 0 bridgehead atoms. The van der Waals surface area contributed by atoms with Gasteiger partial charge in [-0.15, -0.1) is 21.5 Å². The summed E-state index contributed by atoms with van der Waals surface area (Å²) in [7, 11) is 1.72. The van der Waals surface area contributed by atoms with E-state index in [1.54, 1.807) is 41.7 Å². The molecule has 0 aliphatic carbocycles. The lowest BCUT2D eigenvalue weighted by molar-refractivity contribution is -0.131. The lowest BCUT2D eigenvalue weighted by atomic mass is 10.2. The van der Waals surface area contributed by atoms with E-state index < -0.39 is 0 Å². The van der Waals surface area contributed by atoms with Crippen molar-refractivity contribution in [3.8, 4) is 11.4 Å². The summed E-state index contributed by atoms with van der Waals surface area (Å²) < 4.78 is 0. The molecule has 1 aromatic carbocycles. The van der Waals surface area contributed by atoms with E-state index in [-0.39, 0.29) is 12.5 Å². The smallest absolute Gasteiger partial charge is 0.246 e. The Morgan fingerprint density at radius 3 is 2.83 bits per heavy atom. The lowest BCUT2D eigenvalue weighted by Crippen LogP contribution is -2.30. The zero-order chi connectivity index (χ0) is 16.2. The average Bonchev–Trinajstić information content (AvgIpc) is 3.20. The number of halogens is 1. The van der Waals surface area contributed by atoms with Crippen LogP contribution < -0.4 is 0 Å². The highest BCUT2D eigenvalue weighted by molar-refractivity contribution is 7.07. The molecule has 0 aliphatic heterocycles. The number of likely N-dealkylation sites (N-methyl/N-ethyl adjacent to an activating group) is 1. The molecule has 0 unspecified atom stereocenters. The number of thiazole rings is 1. The summed E-state index contributed by atoms with van der Waals surface area (Å²) >= 11 is 7.35. The van der Waals surface area contributed by atoms with Crippen LogP contribution in [-0.4, -0.2) is 43.0 Å². The normalized spacial score (nSPS) is 10.7. The SMILES string of the molecule is CN(Cc1cscn1)C(=O)Cn1nnc(-c2ccc(Cl)cc2)n1. The van der Waals surface area contributed by atoms with Crippen molar-refractivity contribution in [1.29, 1.82) is 0 Å². The van der Waals surface area contributed by atoms with Gasteiger partial charge in [-0.3, -0.25) is 4.79 Å². The third kappa shape index (κ3) is 3.91. The fourth-order valence-corrected chi connectivity index (χ4v) is 2.59. The Balaban J connectivity index is 1.64. The van der Waals surface area contributed by atoms with Gasteiger partial charge in [0.25, 0.3) is 0 Å². The summed E-state index contributed by atoms with van der Waals surface area (Å²) in [5, 5.41) is 14.6. The van der Waals surface area contributed by atoms with Gasteiger partial charge in [0.15, 0.2) is 0 Å². The molecule has 0 N–H and O–H groups in total. The maximum atomic E-state index is 12.2. The van der Waals surface area contributed by atoms with Crippen molar-refractivity contribution < 1.29 is 4.79 Å². The van der Waals surface area contributed by atoms with Gasteiger partial charge in [-0.05, 0) is 29.5 Å². The van der Waals surface area contributed by atoms with Crippen molar-refractivity contribution in [1.82, 2.24) is 30.1 Å². The number of nitrogens with zero attached hydrogens (tertiary/aromatic N) is 6. The summed E-state index contributed by atoms with van der Waals surface area (Å²) in [6.45, 7) is 0.488. The molecule has 0 saturated heterocycles. The van der Waals surface area contributed by atoms with Crippen LogP contribution in [0.15, 0.2) is 35.2 Å². The van der Waals surface area contributed by atoms with E-state index in [1.807, 2.05) is 5.38 Å². The number of hydrogen-bond donors (Lipinski definition) is 0. The van der Waals surface area contributed by atoms with Crippen LogP contribution in [0.1, 0.15) is 5.69 Å². The largest absolute Gasteiger partial charge is 0.338 e. The van der Waals surface area contributed by atoms with E-state index in [2.05, 4.69) is 20.4 Å². The van der Waals surface area contributed by atoms with Crippen LogP contribution in [0.25, 0.3) is 11.4 Å². The maximum Gasteiger partial charge on any atom is 0.246 e. The van der Waals surface area contributed by atoms with Crippen LogP contribution in [0.4, 0.5) is 0 Å². The average molecular weight is 349 g/mol. The molecule has 2 heterocycles. The molecule has 7 nitrogen and oxygen atoms in total. The molecule has 118 valence electrons. The second-order valence-corrected chi connectivity index (χ2v) is 6.04. The van der Waals surface area contributed by atoms with Gasteiger partial charge in [0.2, 0.25) is 11.7 Å². The van der Waals surface area contributed by atoms with Gasteiger partial charge < -0.3 is 4.90 Å². The second-order valence-electron chi connectivity index (χ2n) is 4.88. The van der Waals surface area contributed by atoms with Crippen molar-refractivity contribution >= 4 is 28.8 Å². The molecule has 3 aromatic rings. The predicted molar refractivity (Wildman–Crippen MR) is 86.9 cm³/mol. The Labute approximate surface area is 141 Å². The van der Waals surface area contributed by atoms with Gasteiger partial charge in [-0.2, -0.15) is 4.80 Å². The minimum absolute atomic E-state index is 0.0290. The highest BCUT2D eigenvalue weighted by Crippen LogP contribution is 2.16. The molecule has 0 radical (unpaired) electrons. The minimum Gasteiger partial charge on any atom is -0.338 e. The first kappa shape index (κ1) is 15.6. The third-order valence-corrected chi connectivity index (χ3v) is 4.03. The number of carbonyl (C=O) groups is 1. The first-order valence-corrected chi connectivity index (χ1v) is 8.08. The van der Waals surface area contributed by atoms with Gasteiger partial charge in [-0.25, -0.2) is 4.98 Å². The summed E-state index contributed by atoms with van der Waals surface area (Å²) in [5.74, 6) is 0.342. The summed E-state index contributed by atoms with van der Waals surface area (Å²) in [6.07, 6.45) is 0. The summed E-state index contributed by atoms with van der Waals surface area (Å²) in [4.78, 5) is 19.2. The molecule has 1 amide bonds. The number of benzene rings is 1. The Morgan fingerprint density at radius 2 is 2.13 bits per heavy atom. The molecule has 0 atom stereocenters. The number of hydrogen-bond acceptors (Lipinski definition) is 6. The highest BCUT2D eigenvalue weighted by Gasteiger charge is 2.14. The summed E-state index contributed by atoms with van der Waals surface area (Å²) in [5.41, 5.74) is 3.40. The van der Waals surface area contributed by atoms with Crippen LogP contribution in [-0.2, 0) is 17.9 Å². The number of rotatable bonds is 5. The molecular weight excluding hydrogens is 336 g/mol. The lowest BCUT2D eigenvalue weighted by Gasteiger charge is -2.14. The number of carbonyl (C=O) groups excluding carboxylic acids is 1. The Hall–Kier alpha value is -2.32. The molecule has 23 heavy (non-hydrogen) atoms. The summed E-state index contributed by atoms with van der Waals surface area (Å²) in [6, 6.07) is 7.12. The predicted octanol–water partition coefficient (Wildman–Crippen LogP) is 2.11. The number of amides is 1. The minimum atomic E-state index is -0.113. The number of tetrazole rings is 1. The van der Waals surface area contributed by atoms with Gasteiger partial charge >= 0.3 is 0 Å². The Kier molecular flexibility index (Phi) is 4.63. The molecule has 0 saturated carbocycles. The van der Waals surface area contributed by atoms with Crippen LogP contribution in [0.5, 0.6) is 0 Å². The Bertz CT molecular complexity index is 786. The Morgan fingerprint density at radius 1 is 1.35 bits per heavy atom. The quantitative estimate of drug-likeness (QED) is 0.705. The van der Waals surface area contributed by atoms with Crippen LogP contribution in [0, 0.1) is 0 Å². The standard InChI is InChI=1S/C14H13ClN6OS/c1-20(6-12-8-23-9-16-12)13(22)7-21-18-14(17-19-21)10-2-4-11(15)5-3-10/h2-5,8-9H,6-7H2,1H3. The van der Waals surface area contributed by atoms with E-state index in [0.29, 0.717) is 17.4 Å².